The fourth-order valence-electron chi connectivity index (χ4n) is 4.89. The van der Waals surface area contributed by atoms with Gasteiger partial charge in [0, 0.05) is 24.5 Å². The molecule has 0 saturated carbocycles. The van der Waals surface area contributed by atoms with Gasteiger partial charge in [-0.1, -0.05) is 65.8 Å². The van der Waals surface area contributed by atoms with E-state index in [1.807, 2.05) is 0 Å². The SMILES string of the molecule is CCc1cc(CC)c(NCCCN(C)CCCNc2c(CC)cc(CC)cc2CC)c(CC)c1.[Br-].[Br-].[Co+2]. The zero-order valence-electron chi connectivity index (χ0n) is 24.3. The molecule has 0 unspecified atom stereocenters. The van der Waals surface area contributed by atoms with Crippen LogP contribution < -0.4 is 44.6 Å². The third-order valence-electron chi connectivity index (χ3n) is 7.10. The van der Waals surface area contributed by atoms with Crippen LogP contribution in [0.4, 0.5) is 11.4 Å². The maximum absolute atomic E-state index is 3.77. The number of anilines is 2. The summed E-state index contributed by atoms with van der Waals surface area (Å²) in [6.07, 6.45) is 8.95. The average molecular weight is 685 g/mol. The maximum atomic E-state index is 3.77. The number of nitrogens with zero attached hydrogens (tertiary/aromatic N) is 1. The topological polar surface area (TPSA) is 27.3 Å². The molecule has 6 heteroatoms. The first-order valence-electron chi connectivity index (χ1n) is 14.0. The van der Waals surface area contributed by atoms with Crippen LogP contribution >= 0.6 is 0 Å². The molecule has 213 valence electrons. The van der Waals surface area contributed by atoms with E-state index in [9.17, 15) is 0 Å². The van der Waals surface area contributed by atoms with Gasteiger partial charge in [-0.25, -0.2) is 0 Å². The molecular formula is C31H51Br2CoN3. The summed E-state index contributed by atoms with van der Waals surface area (Å²) in [5, 5.41) is 7.55. The van der Waals surface area contributed by atoms with Crippen molar-refractivity contribution in [2.75, 3.05) is 43.9 Å². The Balaban J connectivity index is 0. The molecule has 0 bridgehead atoms. The number of rotatable bonds is 16. The minimum Gasteiger partial charge on any atom is -1.00 e. The molecule has 1 radical (unpaired) electrons. The van der Waals surface area contributed by atoms with Gasteiger partial charge in [0.1, 0.15) is 0 Å². The van der Waals surface area contributed by atoms with E-state index in [0.29, 0.717) is 0 Å². The van der Waals surface area contributed by atoms with Gasteiger partial charge >= 0.3 is 16.8 Å². The summed E-state index contributed by atoms with van der Waals surface area (Å²) in [6.45, 7) is 17.9. The van der Waals surface area contributed by atoms with Crippen LogP contribution in [0.1, 0.15) is 87.8 Å². The maximum Gasteiger partial charge on any atom is 2.00 e. The Bertz CT molecular complexity index is 767. The van der Waals surface area contributed by atoms with Crippen LogP contribution in [0.3, 0.4) is 0 Å². The van der Waals surface area contributed by atoms with Crippen molar-refractivity contribution < 1.29 is 50.7 Å². The van der Waals surface area contributed by atoms with Gasteiger partial charge in [-0.3, -0.25) is 0 Å². The second kappa shape index (κ2) is 21.3. The third kappa shape index (κ3) is 12.0. The molecule has 0 aliphatic carbocycles. The molecule has 0 aromatic heterocycles. The molecule has 2 N–H and O–H groups in total. The number of nitrogens with one attached hydrogen (secondary N) is 2. The fourth-order valence-corrected chi connectivity index (χ4v) is 4.89. The van der Waals surface area contributed by atoms with E-state index in [1.165, 1.54) is 57.6 Å². The van der Waals surface area contributed by atoms with Gasteiger partial charge in [0.25, 0.3) is 0 Å². The van der Waals surface area contributed by atoms with Crippen molar-refractivity contribution >= 4 is 11.4 Å². The van der Waals surface area contributed by atoms with E-state index in [1.54, 1.807) is 0 Å². The van der Waals surface area contributed by atoms with Crippen molar-refractivity contribution in [1.29, 1.82) is 0 Å². The zero-order chi connectivity index (χ0) is 24.9. The normalized spacial score (nSPS) is 10.4. The van der Waals surface area contributed by atoms with Gasteiger partial charge < -0.3 is 49.5 Å². The molecule has 0 spiro atoms. The molecule has 2 rings (SSSR count). The van der Waals surface area contributed by atoms with Crippen molar-refractivity contribution in [2.24, 2.45) is 0 Å². The van der Waals surface area contributed by atoms with Crippen molar-refractivity contribution in [2.45, 2.75) is 92.9 Å². The zero-order valence-corrected chi connectivity index (χ0v) is 28.5. The second-order valence-electron chi connectivity index (χ2n) is 9.56. The fraction of sp³-hybridized carbons (Fsp3) is 0.613. The molecule has 0 atom stereocenters. The Hall–Kier alpha value is -0.534. The van der Waals surface area contributed by atoms with E-state index < -0.39 is 0 Å². The Morgan fingerprint density at radius 2 is 0.838 bits per heavy atom. The van der Waals surface area contributed by atoms with E-state index in [-0.39, 0.29) is 50.7 Å². The van der Waals surface area contributed by atoms with Gasteiger partial charge in [-0.05, 0) is 105 Å². The van der Waals surface area contributed by atoms with Gasteiger partial charge in [-0.15, -0.1) is 0 Å². The summed E-state index contributed by atoms with van der Waals surface area (Å²) in [5.41, 5.74) is 11.6. The molecule has 0 fully saturated rings. The third-order valence-corrected chi connectivity index (χ3v) is 7.10. The van der Waals surface area contributed by atoms with Gasteiger partial charge in [0.15, 0.2) is 0 Å². The first kappa shape index (κ1) is 38.6. The minimum absolute atomic E-state index is 0. The molecule has 37 heavy (non-hydrogen) atoms. The predicted octanol–water partition coefficient (Wildman–Crippen LogP) is 1.30. The molecule has 0 heterocycles. The second-order valence-corrected chi connectivity index (χ2v) is 9.56. The average Bonchev–Trinajstić information content (AvgIpc) is 2.88. The largest absolute Gasteiger partial charge is 2.00 e. The molecular weight excluding hydrogens is 633 g/mol. The van der Waals surface area contributed by atoms with Gasteiger partial charge in [0.05, 0.1) is 0 Å². The summed E-state index contributed by atoms with van der Waals surface area (Å²) in [7, 11) is 2.26. The quantitative estimate of drug-likeness (QED) is 0.262. The summed E-state index contributed by atoms with van der Waals surface area (Å²) >= 11 is 0. The van der Waals surface area contributed by atoms with Crippen LogP contribution in [0.5, 0.6) is 0 Å². The first-order chi connectivity index (χ1) is 16.5. The smallest absolute Gasteiger partial charge is 1.00 e. The Kier molecular flexibility index (Phi) is 22.2. The van der Waals surface area contributed by atoms with Crippen LogP contribution in [0.25, 0.3) is 0 Å². The van der Waals surface area contributed by atoms with Crippen LogP contribution in [-0.4, -0.2) is 38.1 Å². The molecule has 0 amide bonds. The van der Waals surface area contributed by atoms with E-state index >= 15 is 0 Å². The van der Waals surface area contributed by atoms with E-state index in [0.717, 1.165) is 64.7 Å². The molecule has 3 nitrogen and oxygen atoms in total. The monoisotopic (exact) mass is 682 g/mol. The number of aryl methyl sites for hydroxylation is 6. The minimum atomic E-state index is 0. The molecule has 0 saturated heterocycles. The summed E-state index contributed by atoms with van der Waals surface area (Å²) in [6, 6.07) is 9.57. The molecule has 0 aliphatic rings. The van der Waals surface area contributed by atoms with Crippen molar-refractivity contribution in [3.05, 3.63) is 57.6 Å². The van der Waals surface area contributed by atoms with Crippen molar-refractivity contribution in [3.63, 3.8) is 0 Å². The van der Waals surface area contributed by atoms with Crippen molar-refractivity contribution in [1.82, 2.24) is 4.90 Å². The number of hydrogen-bond acceptors (Lipinski definition) is 3. The standard InChI is InChI=1S/C31H51N3.2BrH.Co/c1-8-24-20-26(10-3)30(27(11-4)21-24)32-16-14-18-34(7)19-15-17-33-31-28(12-5)22-25(9-2)23-29(31)13-6;;;/h20-23,32-33H,8-19H2,1-7H3;2*1H;/q;;;+2/p-2. The predicted molar refractivity (Wildman–Crippen MR) is 153 cm³/mol. The van der Waals surface area contributed by atoms with Crippen LogP contribution in [-0.2, 0) is 55.3 Å². The molecule has 0 aliphatic heterocycles. The molecule has 2 aromatic carbocycles. The summed E-state index contributed by atoms with van der Waals surface area (Å²) in [4.78, 5) is 2.48. The van der Waals surface area contributed by atoms with Gasteiger partial charge in [0.2, 0.25) is 0 Å². The number of hydrogen-bond donors (Lipinski definition) is 2. The number of halogens is 2. The molecule has 2 aromatic rings. The van der Waals surface area contributed by atoms with E-state index in [4.69, 9.17) is 0 Å². The van der Waals surface area contributed by atoms with Gasteiger partial charge in [-0.2, -0.15) is 0 Å². The summed E-state index contributed by atoms with van der Waals surface area (Å²) < 4.78 is 0. The summed E-state index contributed by atoms with van der Waals surface area (Å²) in [5.74, 6) is 0. The Labute approximate surface area is 260 Å². The van der Waals surface area contributed by atoms with Crippen LogP contribution in [0.2, 0.25) is 0 Å². The van der Waals surface area contributed by atoms with Crippen LogP contribution in [0, 0.1) is 0 Å². The Morgan fingerprint density at radius 3 is 1.08 bits per heavy atom. The van der Waals surface area contributed by atoms with Crippen LogP contribution in [0.15, 0.2) is 24.3 Å². The Morgan fingerprint density at radius 1 is 0.541 bits per heavy atom. The number of benzene rings is 2. The van der Waals surface area contributed by atoms with Crippen molar-refractivity contribution in [3.8, 4) is 0 Å². The van der Waals surface area contributed by atoms with E-state index in [2.05, 4.69) is 88.4 Å². The first-order valence-corrected chi connectivity index (χ1v) is 14.0.